The van der Waals surface area contributed by atoms with E-state index in [4.69, 9.17) is 15.4 Å². The molecule has 0 aliphatic rings. The maximum absolute atomic E-state index is 11.3. The number of nitro benzene ring substituents is 1. The average molecular weight is 360 g/mol. The van der Waals surface area contributed by atoms with E-state index < -0.39 is 4.92 Å². The molecule has 0 saturated heterocycles. The van der Waals surface area contributed by atoms with E-state index in [1.165, 1.54) is 12.1 Å². The van der Waals surface area contributed by atoms with Gasteiger partial charge in [-0.1, -0.05) is 6.07 Å². The summed E-state index contributed by atoms with van der Waals surface area (Å²) in [6.07, 6.45) is 1.40. The number of nitrogens with one attached hydrogen (secondary N) is 1. The van der Waals surface area contributed by atoms with Crippen LogP contribution < -0.4 is 5.73 Å². The summed E-state index contributed by atoms with van der Waals surface area (Å²) in [4.78, 5) is 10.8. The first-order valence-electron chi connectivity index (χ1n) is 7.66. The highest BCUT2D eigenvalue weighted by Crippen LogP contribution is 2.33. The van der Waals surface area contributed by atoms with Crippen molar-refractivity contribution in [1.29, 1.82) is 10.5 Å². The lowest BCUT2D eigenvalue weighted by Gasteiger charge is -2.01. The number of nitro groups is 1. The van der Waals surface area contributed by atoms with E-state index in [9.17, 15) is 15.4 Å². The van der Waals surface area contributed by atoms with Crippen LogP contribution in [0.4, 0.5) is 11.5 Å². The number of aromatic amines is 1. The summed E-state index contributed by atoms with van der Waals surface area (Å²) in [5.41, 5.74) is 6.92. The molecule has 0 unspecified atom stereocenters. The summed E-state index contributed by atoms with van der Waals surface area (Å²) in [6, 6.07) is 11.8. The van der Waals surface area contributed by atoms with E-state index in [2.05, 4.69) is 10.2 Å². The molecule has 9 nitrogen and oxygen atoms in total. The number of rotatable bonds is 4. The fourth-order valence-corrected chi connectivity index (χ4v) is 2.54. The predicted molar refractivity (Wildman–Crippen MR) is 96.7 cm³/mol. The lowest BCUT2D eigenvalue weighted by molar-refractivity contribution is -0.384. The van der Waals surface area contributed by atoms with Gasteiger partial charge in [-0.3, -0.25) is 15.2 Å². The van der Waals surface area contributed by atoms with Gasteiger partial charge in [0.2, 0.25) is 0 Å². The number of nitrogens with zero attached hydrogens (tertiary/aromatic N) is 4. The summed E-state index contributed by atoms with van der Waals surface area (Å²) in [6.45, 7) is 1.76. The molecule has 27 heavy (non-hydrogen) atoms. The maximum atomic E-state index is 11.3. The summed E-state index contributed by atoms with van der Waals surface area (Å²) < 4.78 is 5.65. The van der Waals surface area contributed by atoms with Crippen LogP contribution in [0.2, 0.25) is 0 Å². The van der Waals surface area contributed by atoms with Crippen LogP contribution in [0.3, 0.4) is 0 Å². The SMILES string of the molecule is Cc1ccc(-c2ccc(/C=C(\C#N)c3[nH]nc(N)c3C#N)o2)c([N+](=O)[O-])c1. The first-order chi connectivity index (χ1) is 12.9. The predicted octanol–water partition coefficient (Wildman–Crippen LogP) is 3.40. The Morgan fingerprint density at radius 2 is 2.15 bits per heavy atom. The zero-order valence-corrected chi connectivity index (χ0v) is 14.1. The number of H-pyrrole nitrogens is 1. The molecule has 0 bridgehead atoms. The number of hydrogen-bond acceptors (Lipinski definition) is 7. The highest BCUT2D eigenvalue weighted by Gasteiger charge is 2.19. The second-order valence-corrected chi connectivity index (χ2v) is 5.62. The van der Waals surface area contributed by atoms with Gasteiger partial charge in [0, 0.05) is 12.1 Å². The molecule has 3 rings (SSSR count). The number of anilines is 1. The van der Waals surface area contributed by atoms with Crippen molar-refractivity contribution in [3.05, 3.63) is 63.0 Å². The third kappa shape index (κ3) is 3.25. The van der Waals surface area contributed by atoms with E-state index in [-0.39, 0.29) is 39.9 Å². The third-order valence-corrected chi connectivity index (χ3v) is 3.82. The van der Waals surface area contributed by atoms with Crippen LogP contribution in [0.25, 0.3) is 23.0 Å². The fraction of sp³-hybridized carbons (Fsp3) is 0.0556. The van der Waals surface area contributed by atoms with Crippen LogP contribution in [-0.4, -0.2) is 15.1 Å². The average Bonchev–Trinajstić information content (AvgIpc) is 3.25. The smallest absolute Gasteiger partial charge is 0.280 e. The number of aryl methyl sites for hydroxylation is 1. The molecule has 0 aliphatic carbocycles. The van der Waals surface area contributed by atoms with Gasteiger partial charge in [0.15, 0.2) is 5.82 Å². The molecule has 0 saturated carbocycles. The second kappa shape index (κ2) is 6.86. The van der Waals surface area contributed by atoms with Crippen LogP contribution in [0.1, 0.15) is 22.6 Å². The molecule has 0 radical (unpaired) electrons. The lowest BCUT2D eigenvalue weighted by Crippen LogP contribution is -1.92. The minimum Gasteiger partial charge on any atom is -0.456 e. The van der Waals surface area contributed by atoms with E-state index >= 15 is 0 Å². The Kier molecular flexibility index (Phi) is 4.43. The Balaban J connectivity index is 2.04. The van der Waals surface area contributed by atoms with Crippen molar-refractivity contribution in [2.45, 2.75) is 6.92 Å². The highest BCUT2D eigenvalue weighted by molar-refractivity contribution is 5.90. The summed E-state index contributed by atoms with van der Waals surface area (Å²) >= 11 is 0. The van der Waals surface area contributed by atoms with Gasteiger partial charge in [0.1, 0.15) is 29.2 Å². The van der Waals surface area contributed by atoms with Crippen molar-refractivity contribution in [1.82, 2.24) is 10.2 Å². The van der Waals surface area contributed by atoms with Crippen LogP contribution in [0, 0.1) is 39.7 Å². The molecule has 0 spiro atoms. The lowest BCUT2D eigenvalue weighted by atomic mass is 10.1. The van der Waals surface area contributed by atoms with E-state index in [1.54, 1.807) is 31.2 Å². The zero-order valence-electron chi connectivity index (χ0n) is 14.1. The number of aromatic nitrogens is 2. The van der Waals surface area contributed by atoms with Crippen LogP contribution >= 0.6 is 0 Å². The number of hydrogen-bond donors (Lipinski definition) is 2. The molecule has 1 aromatic carbocycles. The third-order valence-electron chi connectivity index (χ3n) is 3.82. The standard InChI is InChI=1S/C18H12N6O3/c1-10-2-4-13(15(6-10)24(25)26)16-5-3-12(27-16)7-11(8-19)17-14(9-20)18(21)23-22-17/h2-7H,1H3,(H3,21,22,23)/b11-7+. The number of nitrogen functional groups attached to an aromatic ring is 1. The van der Waals surface area contributed by atoms with Crippen molar-refractivity contribution in [3.63, 3.8) is 0 Å². The van der Waals surface area contributed by atoms with Crippen molar-refractivity contribution < 1.29 is 9.34 Å². The minimum absolute atomic E-state index is 0.0101. The molecule has 9 heteroatoms. The molecule has 0 amide bonds. The second-order valence-electron chi connectivity index (χ2n) is 5.62. The van der Waals surface area contributed by atoms with Crippen molar-refractivity contribution in [3.8, 4) is 23.5 Å². The number of benzene rings is 1. The van der Waals surface area contributed by atoms with Gasteiger partial charge < -0.3 is 10.2 Å². The first-order valence-corrected chi connectivity index (χ1v) is 7.66. The topological polar surface area (TPSA) is 159 Å². The first kappa shape index (κ1) is 17.5. The number of allylic oxidation sites excluding steroid dienone is 1. The Morgan fingerprint density at radius 1 is 1.37 bits per heavy atom. The number of nitriles is 2. The summed E-state index contributed by atoms with van der Waals surface area (Å²) in [5, 5.41) is 36.1. The maximum Gasteiger partial charge on any atom is 0.280 e. The highest BCUT2D eigenvalue weighted by atomic mass is 16.6. The van der Waals surface area contributed by atoms with Gasteiger partial charge >= 0.3 is 0 Å². The molecule has 3 aromatic rings. The van der Waals surface area contributed by atoms with Crippen molar-refractivity contribution in [2.75, 3.05) is 5.73 Å². The Hall–Kier alpha value is -4.37. The Labute approximate surface area is 153 Å². The van der Waals surface area contributed by atoms with Gasteiger partial charge in [0.25, 0.3) is 5.69 Å². The molecule has 2 heterocycles. The van der Waals surface area contributed by atoms with E-state index in [0.717, 1.165) is 5.56 Å². The van der Waals surface area contributed by atoms with E-state index in [0.29, 0.717) is 5.56 Å². The fourth-order valence-electron chi connectivity index (χ4n) is 2.54. The molecule has 3 N–H and O–H groups in total. The van der Waals surface area contributed by atoms with Gasteiger partial charge in [-0.15, -0.1) is 0 Å². The molecule has 0 aliphatic heterocycles. The van der Waals surface area contributed by atoms with Crippen LogP contribution in [0.15, 0.2) is 34.7 Å². The Bertz CT molecular complexity index is 1160. The van der Waals surface area contributed by atoms with Crippen LogP contribution in [-0.2, 0) is 0 Å². The van der Waals surface area contributed by atoms with E-state index in [1.807, 2.05) is 12.1 Å². The van der Waals surface area contributed by atoms with Gasteiger partial charge in [-0.25, -0.2) is 0 Å². The Morgan fingerprint density at radius 3 is 2.81 bits per heavy atom. The van der Waals surface area contributed by atoms with Gasteiger partial charge in [0.05, 0.1) is 21.8 Å². The normalized spacial score (nSPS) is 11.0. The van der Waals surface area contributed by atoms with Gasteiger partial charge in [-0.2, -0.15) is 15.6 Å². The van der Waals surface area contributed by atoms with Crippen molar-refractivity contribution in [2.24, 2.45) is 0 Å². The largest absolute Gasteiger partial charge is 0.456 e. The van der Waals surface area contributed by atoms with Crippen molar-refractivity contribution >= 4 is 23.2 Å². The number of nitrogens with two attached hydrogens (primary N) is 1. The summed E-state index contributed by atoms with van der Waals surface area (Å²) in [7, 11) is 0. The zero-order chi connectivity index (χ0) is 19.6. The van der Waals surface area contributed by atoms with Crippen LogP contribution in [0.5, 0.6) is 0 Å². The molecule has 0 fully saturated rings. The quantitative estimate of drug-likeness (QED) is 0.409. The number of furan rings is 1. The summed E-state index contributed by atoms with van der Waals surface area (Å²) in [5.74, 6) is 0.562. The molecule has 0 atom stereocenters. The van der Waals surface area contributed by atoms with Gasteiger partial charge in [-0.05, 0) is 30.7 Å². The minimum atomic E-state index is -0.479. The molecule has 2 aromatic heterocycles. The molecular weight excluding hydrogens is 348 g/mol. The molecular formula is C18H12N6O3. The molecule has 132 valence electrons. The monoisotopic (exact) mass is 360 g/mol.